The molecule has 0 atom stereocenters. The zero-order chi connectivity index (χ0) is 6.97. The second kappa shape index (κ2) is 2.28. The second-order valence-corrected chi connectivity index (χ2v) is 3.15. The maximum Gasteiger partial charge on any atom is 0.0487 e. The molecule has 0 aliphatic heterocycles. The lowest BCUT2D eigenvalue weighted by atomic mass is 10.1. The summed E-state index contributed by atoms with van der Waals surface area (Å²) in [5.41, 5.74) is 1.38. The molecule has 51 valence electrons. The summed E-state index contributed by atoms with van der Waals surface area (Å²) in [6.07, 6.45) is 2.67. The van der Waals surface area contributed by atoms with Crippen LogP contribution in [0.15, 0.2) is 18.2 Å². The molecular formula is C9H8Cl. The molecule has 0 aromatic heterocycles. The van der Waals surface area contributed by atoms with Crippen LogP contribution in [0.3, 0.4) is 0 Å². The molecule has 10 heavy (non-hydrogen) atoms. The highest BCUT2D eigenvalue weighted by atomic mass is 35.5. The van der Waals surface area contributed by atoms with Crippen molar-refractivity contribution in [3.05, 3.63) is 34.9 Å². The van der Waals surface area contributed by atoms with Crippen LogP contribution in [0.25, 0.3) is 0 Å². The number of benzene rings is 1. The SMILES string of the molecule is Clc1[c]ccc(C2CC2)c1. The van der Waals surface area contributed by atoms with Gasteiger partial charge in [0, 0.05) is 11.1 Å². The molecule has 0 unspecified atom stereocenters. The Morgan fingerprint density at radius 3 is 2.90 bits per heavy atom. The van der Waals surface area contributed by atoms with Crippen molar-refractivity contribution in [1.29, 1.82) is 0 Å². The number of hydrogen-bond acceptors (Lipinski definition) is 0. The molecule has 1 saturated carbocycles. The Morgan fingerprint density at radius 1 is 1.50 bits per heavy atom. The molecule has 1 radical (unpaired) electrons. The summed E-state index contributed by atoms with van der Waals surface area (Å²) in [7, 11) is 0. The van der Waals surface area contributed by atoms with E-state index in [1.54, 1.807) is 0 Å². The highest BCUT2D eigenvalue weighted by molar-refractivity contribution is 6.30. The van der Waals surface area contributed by atoms with Crippen LogP contribution in [-0.2, 0) is 0 Å². The topological polar surface area (TPSA) is 0 Å². The first-order valence-corrected chi connectivity index (χ1v) is 3.91. The summed E-state index contributed by atoms with van der Waals surface area (Å²) in [5.74, 6) is 0.798. The lowest BCUT2D eigenvalue weighted by molar-refractivity contribution is 1.13. The van der Waals surface area contributed by atoms with Crippen molar-refractivity contribution >= 4 is 11.6 Å². The normalized spacial score (nSPS) is 17.3. The van der Waals surface area contributed by atoms with Crippen molar-refractivity contribution in [2.75, 3.05) is 0 Å². The van der Waals surface area contributed by atoms with Gasteiger partial charge in [0.15, 0.2) is 0 Å². The summed E-state index contributed by atoms with van der Waals surface area (Å²) in [6.45, 7) is 0. The van der Waals surface area contributed by atoms with Gasteiger partial charge in [-0.2, -0.15) is 0 Å². The quantitative estimate of drug-likeness (QED) is 0.579. The van der Waals surface area contributed by atoms with Crippen LogP contribution < -0.4 is 0 Å². The first-order valence-electron chi connectivity index (χ1n) is 3.53. The Balaban J connectivity index is 2.32. The van der Waals surface area contributed by atoms with Crippen molar-refractivity contribution in [2.24, 2.45) is 0 Å². The number of rotatable bonds is 1. The third-order valence-electron chi connectivity index (χ3n) is 1.84. The van der Waals surface area contributed by atoms with Crippen molar-refractivity contribution in [3.63, 3.8) is 0 Å². The van der Waals surface area contributed by atoms with Gasteiger partial charge in [0.2, 0.25) is 0 Å². The maximum atomic E-state index is 5.76. The first-order chi connectivity index (χ1) is 4.86. The minimum absolute atomic E-state index is 0.740. The third kappa shape index (κ3) is 1.17. The molecule has 0 saturated heterocycles. The molecular weight excluding hydrogens is 144 g/mol. The van der Waals surface area contributed by atoms with E-state index in [9.17, 15) is 0 Å². The average Bonchev–Trinajstić information content (AvgIpc) is 2.68. The predicted molar refractivity (Wildman–Crippen MR) is 42.3 cm³/mol. The molecule has 0 nitrogen and oxygen atoms in total. The molecule has 1 heteroatoms. The highest BCUT2D eigenvalue weighted by Gasteiger charge is 2.22. The fourth-order valence-electron chi connectivity index (χ4n) is 1.12. The zero-order valence-corrected chi connectivity index (χ0v) is 6.36. The standard InChI is InChI=1S/C9H8Cl/c10-9-3-1-2-8(6-9)7-4-5-7/h1-2,6-7H,4-5H2. The van der Waals surface area contributed by atoms with E-state index in [2.05, 4.69) is 12.1 Å². The van der Waals surface area contributed by atoms with Crippen LogP contribution in [0.4, 0.5) is 0 Å². The maximum absolute atomic E-state index is 5.76. The smallest absolute Gasteiger partial charge is 0.0487 e. The molecule has 2 rings (SSSR count). The van der Waals surface area contributed by atoms with Crippen LogP contribution in [0.5, 0.6) is 0 Å². The monoisotopic (exact) mass is 151 g/mol. The molecule has 1 fully saturated rings. The van der Waals surface area contributed by atoms with Crippen LogP contribution in [0.1, 0.15) is 24.3 Å². The number of hydrogen-bond donors (Lipinski definition) is 0. The minimum Gasteiger partial charge on any atom is -0.0837 e. The van der Waals surface area contributed by atoms with E-state index >= 15 is 0 Å². The van der Waals surface area contributed by atoms with Gasteiger partial charge in [-0.15, -0.1) is 0 Å². The molecule has 1 aliphatic rings. The van der Waals surface area contributed by atoms with Crippen LogP contribution in [0.2, 0.25) is 5.02 Å². The van der Waals surface area contributed by atoms with E-state index in [1.165, 1.54) is 18.4 Å². The van der Waals surface area contributed by atoms with Crippen LogP contribution in [0, 0.1) is 6.07 Å². The zero-order valence-electron chi connectivity index (χ0n) is 5.60. The van der Waals surface area contributed by atoms with E-state index in [-0.39, 0.29) is 0 Å². The van der Waals surface area contributed by atoms with Crippen molar-refractivity contribution in [3.8, 4) is 0 Å². The minimum atomic E-state index is 0.740. The summed E-state index contributed by atoms with van der Waals surface area (Å²) in [6, 6.07) is 8.93. The second-order valence-electron chi connectivity index (χ2n) is 2.74. The van der Waals surface area contributed by atoms with Gasteiger partial charge in [-0.25, -0.2) is 0 Å². The average molecular weight is 152 g/mol. The molecule has 0 N–H and O–H groups in total. The van der Waals surface area contributed by atoms with Gasteiger partial charge >= 0.3 is 0 Å². The summed E-state index contributed by atoms with van der Waals surface area (Å²) >= 11 is 5.76. The molecule has 0 heterocycles. The molecule has 1 aromatic rings. The lowest BCUT2D eigenvalue weighted by Crippen LogP contribution is -1.76. The van der Waals surface area contributed by atoms with Gasteiger partial charge in [0.25, 0.3) is 0 Å². The van der Waals surface area contributed by atoms with Gasteiger partial charge in [-0.1, -0.05) is 23.7 Å². The van der Waals surface area contributed by atoms with Gasteiger partial charge in [0.1, 0.15) is 0 Å². The van der Waals surface area contributed by atoms with Crippen molar-refractivity contribution < 1.29 is 0 Å². The molecule has 1 aliphatic carbocycles. The van der Waals surface area contributed by atoms with E-state index in [0.717, 1.165) is 10.9 Å². The van der Waals surface area contributed by atoms with Crippen molar-refractivity contribution in [2.45, 2.75) is 18.8 Å². The van der Waals surface area contributed by atoms with Crippen LogP contribution in [-0.4, -0.2) is 0 Å². The van der Waals surface area contributed by atoms with E-state index in [1.807, 2.05) is 12.1 Å². The first kappa shape index (κ1) is 6.23. The third-order valence-corrected chi connectivity index (χ3v) is 2.06. The Bertz CT molecular complexity index is 238. The van der Waals surface area contributed by atoms with E-state index < -0.39 is 0 Å². The fraction of sp³-hybridized carbons (Fsp3) is 0.333. The highest BCUT2D eigenvalue weighted by Crippen LogP contribution is 2.40. The van der Waals surface area contributed by atoms with Crippen molar-refractivity contribution in [1.82, 2.24) is 0 Å². The van der Waals surface area contributed by atoms with E-state index in [0.29, 0.717) is 0 Å². The van der Waals surface area contributed by atoms with E-state index in [4.69, 9.17) is 11.6 Å². The summed E-state index contributed by atoms with van der Waals surface area (Å²) in [5, 5.41) is 0.740. The summed E-state index contributed by atoms with van der Waals surface area (Å²) in [4.78, 5) is 0. The van der Waals surface area contributed by atoms with Gasteiger partial charge < -0.3 is 0 Å². The predicted octanol–water partition coefficient (Wildman–Crippen LogP) is 3.02. The molecule has 0 amide bonds. The Hall–Kier alpha value is -0.490. The van der Waals surface area contributed by atoms with Gasteiger partial charge in [-0.3, -0.25) is 0 Å². The molecule has 0 spiro atoms. The van der Waals surface area contributed by atoms with Gasteiger partial charge in [-0.05, 0) is 30.4 Å². The lowest BCUT2D eigenvalue weighted by Gasteiger charge is -1.95. The fourth-order valence-corrected chi connectivity index (χ4v) is 1.31. The largest absolute Gasteiger partial charge is 0.0837 e. The summed E-state index contributed by atoms with van der Waals surface area (Å²) < 4.78 is 0. The Kier molecular flexibility index (Phi) is 1.42. The molecule has 1 aromatic carbocycles. The van der Waals surface area contributed by atoms with Crippen LogP contribution >= 0.6 is 11.6 Å². The molecule has 0 bridgehead atoms. The Morgan fingerprint density at radius 2 is 2.30 bits per heavy atom. The number of halogens is 1. The Labute approximate surface area is 65.8 Å². The van der Waals surface area contributed by atoms with Gasteiger partial charge in [0.05, 0.1) is 0 Å².